The summed E-state index contributed by atoms with van der Waals surface area (Å²) in [4.78, 5) is 9.65. The van der Waals surface area contributed by atoms with Gasteiger partial charge in [-0.3, -0.25) is 4.79 Å². The molecule has 5 nitrogen and oxygen atoms in total. The minimum atomic E-state index is -5.06. The third-order valence-electron chi connectivity index (χ3n) is 2.26. The third-order valence-corrected chi connectivity index (χ3v) is 3.79. The number of carboxylic acid groups (broad SMARTS) is 1. The molecule has 1 rings (SSSR count). The minimum absolute atomic E-state index is 0.103. The summed E-state index contributed by atoms with van der Waals surface area (Å²) in [6.07, 6.45) is -5.06. The predicted molar refractivity (Wildman–Crippen MR) is 58.8 cm³/mol. The van der Waals surface area contributed by atoms with E-state index in [1.165, 1.54) is 0 Å². The quantitative estimate of drug-likeness (QED) is 0.827. The van der Waals surface area contributed by atoms with Gasteiger partial charge < -0.3 is 5.11 Å². The van der Waals surface area contributed by atoms with E-state index in [1.54, 1.807) is 4.72 Å². The Morgan fingerprint density at radius 2 is 1.90 bits per heavy atom. The van der Waals surface area contributed by atoms with Crippen molar-refractivity contribution in [3.8, 4) is 0 Å². The summed E-state index contributed by atoms with van der Waals surface area (Å²) < 4.78 is 75.4. The van der Waals surface area contributed by atoms with Gasteiger partial charge in [0.15, 0.2) is 0 Å². The first-order valence-corrected chi connectivity index (χ1v) is 6.55. The maximum absolute atomic E-state index is 13.0. The Bertz CT molecular complexity index is 627. The highest BCUT2D eigenvalue weighted by Crippen LogP contribution is 2.32. The predicted octanol–water partition coefficient (Wildman–Crippen LogP) is 1.60. The molecule has 0 radical (unpaired) electrons. The molecule has 2 N–H and O–H groups in total. The zero-order valence-corrected chi connectivity index (χ0v) is 10.7. The molecule has 20 heavy (non-hydrogen) atoms. The molecule has 0 saturated carbocycles. The van der Waals surface area contributed by atoms with Crippen LogP contribution in [0.15, 0.2) is 23.1 Å². The fourth-order valence-electron chi connectivity index (χ4n) is 1.24. The first kappa shape index (κ1) is 16.4. The maximum atomic E-state index is 13.0. The van der Waals surface area contributed by atoms with Crippen molar-refractivity contribution in [3.63, 3.8) is 0 Å². The number of aliphatic carboxylic acids is 1. The van der Waals surface area contributed by atoms with E-state index in [4.69, 9.17) is 5.11 Å². The van der Waals surface area contributed by atoms with Crippen molar-refractivity contribution in [1.29, 1.82) is 0 Å². The average molecular weight is 315 g/mol. The largest absolute Gasteiger partial charge is 0.480 e. The monoisotopic (exact) mass is 315 g/mol. The molecule has 0 heterocycles. The molecular weight excluding hydrogens is 306 g/mol. The lowest BCUT2D eigenvalue weighted by Crippen LogP contribution is -2.38. The van der Waals surface area contributed by atoms with E-state index in [9.17, 15) is 30.8 Å². The standard InChI is InChI=1S/C10H9F4NO4S/c1-5(9(16)17)15-20(18,19)6-2-3-8(11)7(4-6)10(12,13)14/h2-5,15H,1H3,(H,16,17). The molecule has 0 aliphatic carbocycles. The number of benzene rings is 1. The molecule has 0 fully saturated rings. The van der Waals surface area contributed by atoms with Crippen molar-refractivity contribution in [2.24, 2.45) is 0 Å². The van der Waals surface area contributed by atoms with E-state index >= 15 is 0 Å². The number of hydrogen-bond donors (Lipinski definition) is 2. The first-order valence-electron chi connectivity index (χ1n) is 5.07. The third kappa shape index (κ3) is 3.67. The van der Waals surface area contributed by atoms with Gasteiger partial charge in [-0.15, -0.1) is 0 Å². The highest BCUT2D eigenvalue weighted by molar-refractivity contribution is 7.89. The van der Waals surface area contributed by atoms with Crippen LogP contribution in [0.3, 0.4) is 0 Å². The Balaban J connectivity index is 3.24. The SMILES string of the molecule is CC(NS(=O)(=O)c1ccc(F)c(C(F)(F)F)c1)C(=O)O. The highest BCUT2D eigenvalue weighted by Gasteiger charge is 2.35. The van der Waals surface area contributed by atoms with Crippen LogP contribution in [0.1, 0.15) is 12.5 Å². The molecule has 0 bridgehead atoms. The Morgan fingerprint density at radius 3 is 2.35 bits per heavy atom. The Kier molecular flexibility index (Phi) is 4.39. The van der Waals surface area contributed by atoms with Crippen LogP contribution in [0, 0.1) is 5.82 Å². The summed E-state index contributed by atoms with van der Waals surface area (Å²) in [6, 6.07) is -0.476. The number of carbonyl (C=O) groups is 1. The van der Waals surface area contributed by atoms with E-state index in [1.807, 2.05) is 0 Å². The summed E-state index contributed by atoms with van der Waals surface area (Å²) >= 11 is 0. The lowest BCUT2D eigenvalue weighted by molar-refractivity contribution is -0.140. The van der Waals surface area contributed by atoms with Crippen molar-refractivity contribution >= 4 is 16.0 Å². The zero-order chi connectivity index (χ0) is 15.7. The van der Waals surface area contributed by atoms with E-state index in [-0.39, 0.29) is 6.07 Å². The molecule has 1 aromatic rings. The molecule has 0 spiro atoms. The van der Waals surface area contributed by atoms with Crippen LogP contribution >= 0.6 is 0 Å². The lowest BCUT2D eigenvalue weighted by Gasteiger charge is -2.13. The summed E-state index contributed by atoms with van der Waals surface area (Å²) in [5.41, 5.74) is -1.75. The Labute approximate surface area is 111 Å². The van der Waals surface area contributed by atoms with Gasteiger partial charge in [-0.2, -0.15) is 17.9 Å². The molecule has 1 atom stereocenters. The van der Waals surface area contributed by atoms with E-state index in [2.05, 4.69) is 0 Å². The van der Waals surface area contributed by atoms with Crippen molar-refractivity contribution in [2.45, 2.75) is 24.0 Å². The van der Waals surface area contributed by atoms with Crippen molar-refractivity contribution in [3.05, 3.63) is 29.6 Å². The average Bonchev–Trinajstić information content (AvgIpc) is 2.26. The summed E-state index contributed by atoms with van der Waals surface area (Å²) in [6.45, 7) is 0.994. The van der Waals surface area contributed by atoms with Crippen LogP contribution in [0.4, 0.5) is 17.6 Å². The highest BCUT2D eigenvalue weighted by atomic mass is 32.2. The number of carboxylic acids is 1. The van der Waals surface area contributed by atoms with Crippen molar-refractivity contribution < 1.29 is 35.9 Å². The number of nitrogens with one attached hydrogen (secondary N) is 1. The van der Waals surface area contributed by atoms with Gasteiger partial charge >= 0.3 is 12.1 Å². The van der Waals surface area contributed by atoms with Gasteiger partial charge in [0, 0.05) is 0 Å². The number of rotatable bonds is 4. The normalized spacial score (nSPS) is 14.1. The summed E-state index contributed by atoms with van der Waals surface area (Å²) in [5, 5.41) is 8.55. The number of alkyl halides is 3. The second kappa shape index (κ2) is 5.37. The molecule has 10 heteroatoms. The minimum Gasteiger partial charge on any atom is -0.480 e. The van der Waals surface area contributed by atoms with Gasteiger partial charge in [0.05, 0.1) is 10.5 Å². The van der Waals surface area contributed by atoms with E-state index in [0.29, 0.717) is 12.1 Å². The molecule has 0 amide bonds. The zero-order valence-electron chi connectivity index (χ0n) is 9.90. The second-order valence-corrected chi connectivity index (χ2v) is 5.53. The van der Waals surface area contributed by atoms with Crippen LogP contribution in [0.2, 0.25) is 0 Å². The van der Waals surface area contributed by atoms with Crippen molar-refractivity contribution in [2.75, 3.05) is 0 Å². The molecule has 1 unspecified atom stereocenters. The maximum Gasteiger partial charge on any atom is 0.419 e. The summed E-state index contributed by atoms with van der Waals surface area (Å²) in [5.74, 6) is -3.13. The molecule has 0 aliphatic heterocycles. The fraction of sp³-hybridized carbons (Fsp3) is 0.300. The van der Waals surface area contributed by atoms with Gasteiger partial charge in [-0.05, 0) is 25.1 Å². The van der Waals surface area contributed by atoms with Crippen LogP contribution in [0.5, 0.6) is 0 Å². The summed E-state index contributed by atoms with van der Waals surface area (Å²) in [7, 11) is -4.50. The molecule has 1 aromatic carbocycles. The fourth-order valence-corrected chi connectivity index (χ4v) is 2.46. The Morgan fingerprint density at radius 1 is 1.35 bits per heavy atom. The van der Waals surface area contributed by atoms with Crippen LogP contribution in [0.25, 0.3) is 0 Å². The van der Waals surface area contributed by atoms with Crippen LogP contribution in [-0.2, 0) is 21.0 Å². The first-order chi connectivity index (χ1) is 8.95. The van der Waals surface area contributed by atoms with Crippen LogP contribution in [-0.4, -0.2) is 25.5 Å². The molecule has 0 aliphatic rings. The number of halogens is 4. The van der Waals surface area contributed by atoms with Gasteiger partial charge in [-0.25, -0.2) is 12.8 Å². The lowest BCUT2D eigenvalue weighted by atomic mass is 10.2. The van der Waals surface area contributed by atoms with E-state index < -0.39 is 44.5 Å². The molecular formula is C10H9F4NO4S. The van der Waals surface area contributed by atoms with Crippen molar-refractivity contribution in [1.82, 2.24) is 4.72 Å². The molecule has 0 saturated heterocycles. The smallest absolute Gasteiger partial charge is 0.419 e. The molecule has 0 aromatic heterocycles. The Hall–Kier alpha value is -1.68. The van der Waals surface area contributed by atoms with Gasteiger partial charge in [0.1, 0.15) is 11.9 Å². The van der Waals surface area contributed by atoms with Crippen LogP contribution < -0.4 is 4.72 Å². The van der Waals surface area contributed by atoms with Gasteiger partial charge in [0.2, 0.25) is 10.0 Å². The number of sulfonamides is 1. The number of hydrogen-bond acceptors (Lipinski definition) is 3. The molecule has 112 valence electrons. The topological polar surface area (TPSA) is 83.5 Å². The van der Waals surface area contributed by atoms with E-state index in [0.717, 1.165) is 6.92 Å². The van der Waals surface area contributed by atoms with Gasteiger partial charge in [-0.1, -0.05) is 0 Å². The second-order valence-electron chi connectivity index (χ2n) is 3.82. The van der Waals surface area contributed by atoms with Gasteiger partial charge in [0.25, 0.3) is 0 Å².